The predicted octanol–water partition coefficient (Wildman–Crippen LogP) is 4.76. The number of sulfonamides is 1. The number of nitrogens with zero attached hydrogens (tertiary/aromatic N) is 1. The largest absolute Gasteiger partial charge is 0.322 e. The number of rotatable bonds is 8. The van der Waals surface area contributed by atoms with Gasteiger partial charge in [0.1, 0.15) is 11.6 Å². The van der Waals surface area contributed by atoms with Crippen LogP contribution in [-0.4, -0.2) is 31.7 Å². The van der Waals surface area contributed by atoms with Crippen molar-refractivity contribution in [2.45, 2.75) is 32.1 Å². The van der Waals surface area contributed by atoms with E-state index < -0.39 is 34.1 Å². The molecule has 1 amide bonds. The molecular weight excluding hydrogens is 446 g/mol. The molecule has 0 fully saturated rings. The van der Waals surface area contributed by atoms with Gasteiger partial charge in [-0.05, 0) is 56.0 Å². The second-order valence-electron chi connectivity index (χ2n) is 7.97. The molecule has 0 heterocycles. The average Bonchev–Trinajstić information content (AvgIpc) is 2.72. The van der Waals surface area contributed by atoms with E-state index in [4.69, 9.17) is 0 Å². The lowest BCUT2D eigenvalue weighted by Crippen LogP contribution is -2.40. The Morgan fingerprint density at radius 3 is 2.18 bits per heavy atom. The highest BCUT2D eigenvalue weighted by molar-refractivity contribution is 7.89. The van der Waals surface area contributed by atoms with Crippen molar-refractivity contribution in [1.29, 1.82) is 0 Å². The molecule has 0 saturated carbocycles. The number of nitrogens with one attached hydrogen (secondary N) is 1. The van der Waals surface area contributed by atoms with Gasteiger partial charge in [-0.1, -0.05) is 48.0 Å². The smallest absolute Gasteiger partial charge is 0.244 e. The SMILES string of the molecule is Cc1cc(C)c(S(=O)(=O)N(CCc2ccccc2)CC(=O)Nc2ccc(F)cc2F)c(C)c1. The van der Waals surface area contributed by atoms with E-state index in [-0.39, 0.29) is 17.1 Å². The molecule has 8 heteroatoms. The van der Waals surface area contributed by atoms with Gasteiger partial charge in [-0.3, -0.25) is 4.79 Å². The monoisotopic (exact) mass is 472 g/mol. The predicted molar refractivity (Wildman–Crippen MR) is 125 cm³/mol. The number of halogens is 2. The number of benzene rings is 3. The molecule has 3 aromatic rings. The molecule has 3 rings (SSSR count). The van der Waals surface area contributed by atoms with Crippen molar-refractivity contribution in [3.63, 3.8) is 0 Å². The molecule has 0 radical (unpaired) electrons. The summed E-state index contributed by atoms with van der Waals surface area (Å²) in [5, 5.41) is 2.34. The number of amides is 1. The van der Waals surface area contributed by atoms with Crippen LogP contribution in [0.5, 0.6) is 0 Å². The van der Waals surface area contributed by atoms with Gasteiger partial charge in [0, 0.05) is 12.6 Å². The van der Waals surface area contributed by atoms with E-state index in [0.717, 1.165) is 27.6 Å². The van der Waals surface area contributed by atoms with Gasteiger partial charge in [-0.15, -0.1) is 0 Å². The van der Waals surface area contributed by atoms with E-state index in [1.54, 1.807) is 26.0 Å². The molecule has 33 heavy (non-hydrogen) atoms. The van der Waals surface area contributed by atoms with E-state index in [9.17, 15) is 22.0 Å². The fourth-order valence-corrected chi connectivity index (χ4v) is 5.63. The van der Waals surface area contributed by atoms with Gasteiger partial charge in [0.05, 0.1) is 17.1 Å². The third kappa shape index (κ3) is 6.03. The molecule has 0 aliphatic carbocycles. The summed E-state index contributed by atoms with van der Waals surface area (Å²) in [5.41, 5.74) is 2.80. The zero-order valence-corrected chi connectivity index (χ0v) is 19.5. The first-order chi connectivity index (χ1) is 15.6. The first kappa shape index (κ1) is 24.5. The Kier molecular flexibility index (Phi) is 7.61. The van der Waals surface area contributed by atoms with Crippen LogP contribution in [0.25, 0.3) is 0 Å². The Morgan fingerprint density at radius 2 is 1.58 bits per heavy atom. The van der Waals surface area contributed by atoms with Crippen molar-refractivity contribution in [2.24, 2.45) is 0 Å². The Hall–Kier alpha value is -3.10. The third-order valence-electron chi connectivity index (χ3n) is 5.22. The summed E-state index contributed by atoms with van der Waals surface area (Å²) in [5.74, 6) is -2.44. The van der Waals surface area contributed by atoms with Gasteiger partial charge in [0.25, 0.3) is 0 Å². The second kappa shape index (κ2) is 10.2. The standard InChI is InChI=1S/C25H26F2N2O3S/c1-17-13-18(2)25(19(3)14-17)33(31,32)29(12-11-20-7-5-4-6-8-20)16-24(30)28-23-10-9-21(26)15-22(23)27/h4-10,13-15H,11-12,16H2,1-3H3,(H,28,30). The van der Waals surface area contributed by atoms with Crippen molar-refractivity contribution in [3.8, 4) is 0 Å². The Labute approximate surface area is 193 Å². The van der Waals surface area contributed by atoms with E-state index in [0.29, 0.717) is 23.6 Å². The zero-order chi connectivity index (χ0) is 24.2. The summed E-state index contributed by atoms with van der Waals surface area (Å²) >= 11 is 0. The highest BCUT2D eigenvalue weighted by Gasteiger charge is 2.29. The van der Waals surface area contributed by atoms with Crippen LogP contribution in [0.4, 0.5) is 14.5 Å². The molecule has 0 saturated heterocycles. The normalized spacial score (nSPS) is 11.6. The fourth-order valence-electron chi connectivity index (χ4n) is 3.83. The minimum atomic E-state index is -4.03. The molecule has 0 aliphatic heterocycles. The maximum absolute atomic E-state index is 14.0. The van der Waals surface area contributed by atoms with Crippen LogP contribution in [0.2, 0.25) is 0 Å². The molecule has 174 valence electrons. The molecule has 0 unspecified atom stereocenters. The highest BCUT2D eigenvalue weighted by atomic mass is 32.2. The molecule has 0 spiro atoms. The minimum absolute atomic E-state index is 0.0540. The molecule has 1 N–H and O–H groups in total. The average molecular weight is 473 g/mol. The molecule has 0 atom stereocenters. The van der Waals surface area contributed by atoms with Gasteiger partial charge in [-0.25, -0.2) is 17.2 Å². The van der Waals surface area contributed by atoms with E-state index in [1.807, 2.05) is 37.3 Å². The number of carbonyl (C=O) groups excluding carboxylic acids is 1. The van der Waals surface area contributed by atoms with Gasteiger partial charge >= 0.3 is 0 Å². The number of hydrogen-bond donors (Lipinski definition) is 1. The summed E-state index contributed by atoms with van der Waals surface area (Å²) in [7, 11) is -4.03. The van der Waals surface area contributed by atoms with Crippen LogP contribution in [0.15, 0.2) is 65.6 Å². The first-order valence-corrected chi connectivity index (χ1v) is 11.9. The van der Waals surface area contributed by atoms with Crippen LogP contribution in [0.3, 0.4) is 0 Å². The quantitative estimate of drug-likeness (QED) is 0.514. The van der Waals surface area contributed by atoms with Crippen molar-refractivity contribution in [3.05, 3.63) is 94.6 Å². The van der Waals surface area contributed by atoms with Crippen molar-refractivity contribution < 1.29 is 22.0 Å². The van der Waals surface area contributed by atoms with Crippen LogP contribution < -0.4 is 5.32 Å². The maximum Gasteiger partial charge on any atom is 0.244 e. The molecule has 3 aromatic carbocycles. The fraction of sp³-hybridized carbons (Fsp3) is 0.240. The molecule has 0 aromatic heterocycles. The zero-order valence-electron chi connectivity index (χ0n) is 18.7. The minimum Gasteiger partial charge on any atom is -0.322 e. The first-order valence-electron chi connectivity index (χ1n) is 10.4. The van der Waals surface area contributed by atoms with Crippen molar-refractivity contribution in [1.82, 2.24) is 4.31 Å². The summed E-state index contributed by atoms with van der Waals surface area (Å²) in [4.78, 5) is 12.9. The van der Waals surface area contributed by atoms with Gasteiger partial charge < -0.3 is 5.32 Å². The summed E-state index contributed by atoms with van der Waals surface area (Å²) in [6.45, 7) is 4.86. The van der Waals surface area contributed by atoms with Crippen LogP contribution in [0, 0.1) is 32.4 Å². The second-order valence-corrected chi connectivity index (χ2v) is 9.85. The maximum atomic E-state index is 14.0. The van der Waals surface area contributed by atoms with Crippen molar-refractivity contribution in [2.75, 3.05) is 18.4 Å². The topological polar surface area (TPSA) is 66.5 Å². The Bertz CT molecular complexity index is 1240. The number of carbonyl (C=O) groups is 1. The number of aryl methyl sites for hydroxylation is 3. The van der Waals surface area contributed by atoms with Crippen LogP contribution >= 0.6 is 0 Å². The molecule has 0 aliphatic rings. The van der Waals surface area contributed by atoms with Gasteiger partial charge in [0.2, 0.25) is 15.9 Å². The lowest BCUT2D eigenvalue weighted by Gasteiger charge is -2.24. The molecule has 5 nitrogen and oxygen atoms in total. The van der Waals surface area contributed by atoms with Crippen molar-refractivity contribution >= 4 is 21.6 Å². The van der Waals surface area contributed by atoms with Crippen LogP contribution in [-0.2, 0) is 21.2 Å². The summed E-state index contributed by atoms with van der Waals surface area (Å²) < 4.78 is 55.5. The lowest BCUT2D eigenvalue weighted by molar-refractivity contribution is -0.116. The lowest BCUT2D eigenvalue weighted by atomic mass is 10.1. The van der Waals surface area contributed by atoms with E-state index >= 15 is 0 Å². The van der Waals surface area contributed by atoms with Gasteiger partial charge in [-0.2, -0.15) is 4.31 Å². The Morgan fingerprint density at radius 1 is 0.939 bits per heavy atom. The Balaban J connectivity index is 1.91. The third-order valence-corrected chi connectivity index (χ3v) is 7.37. The summed E-state index contributed by atoms with van der Waals surface area (Å²) in [6.07, 6.45) is 0.391. The number of anilines is 1. The van der Waals surface area contributed by atoms with E-state index in [1.165, 1.54) is 0 Å². The molecular formula is C25H26F2N2O3S. The van der Waals surface area contributed by atoms with Crippen LogP contribution in [0.1, 0.15) is 22.3 Å². The number of hydrogen-bond acceptors (Lipinski definition) is 3. The molecule has 0 bridgehead atoms. The summed E-state index contributed by atoms with van der Waals surface area (Å²) in [6, 6.07) is 15.6. The van der Waals surface area contributed by atoms with E-state index in [2.05, 4.69) is 5.32 Å². The van der Waals surface area contributed by atoms with Gasteiger partial charge in [0.15, 0.2) is 0 Å². The highest BCUT2D eigenvalue weighted by Crippen LogP contribution is 2.26.